The second-order valence-electron chi connectivity index (χ2n) is 7.88. The van der Waals surface area contributed by atoms with E-state index in [9.17, 15) is 4.79 Å². The quantitative estimate of drug-likeness (QED) is 0.378. The van der Waals surface area contributed by atoms with Crippen LogP contribution in [0.15, 0.2) is 40.1 Å². The highest BCUT2D eigenvalue weighted by Gasteiger charge is 2.20. The third-order valence-corrected chi connectivity index (χ3v) is 6.74. The first-order valence-corrected chi connectivity index (χ1v) is 12.4. The van der Waals surface area contributed by atoms with Gasteiger partial charge in [0.1, 0.15) is 5.82 Å². The second-order valence-corrected chi connectivity index (χ2v) is 10.3. The average molecular weight is 503 g/mol. The minimum atomic E-state index is -0.108. The van der Waals surface area contributed by atoms with Gasteiger partial charge in [0.05, 0.1) is 23.7 Å². The number of rotatable bonds is 7. The van der Waals surface area contributed by atoms with Crippen LogP contribution in [0, 0.1) is 0 Å². The van der Waals surface area contributed by atoms with Crippen LogP contribution < -0.4 is 10.2 Å². The Bertz CT molecular complexity index is 1060. The number of amides is 1. The predicted octanol–water partition coefficient (Wildman–Crippen LogP) is 4.51. The molecule has 9 heteroatoms. The number of anilines is 1. The van der Waals surface area contributed by atoms with Crippen LogP contribution in [0.4, 0.5) is 5.82 Å². The number of piperidine rings is 1. The van der Waals surface area contributed by atoms with Crippen molar-refractivity contribution in [3.05, 3.63) is 40.5 Å². The van der Waals surface area contributed by atoms with Gasteiger partial charge in [-0.3, -0.25) is 4.79 Å². The predicted molar refractivity (Wildman–Crippen MR) is 129 cm³/mol. The summed E-state index contributed by atoms with van der Waals surface area (Å²) in [6, 6.07) is 7.41. The van der Waals surface area contributed by atoms with Crippen LogP contribution in [0.5, 0.6) is 0 Å². The van der Waals surface area contributed by atoms with Gasteiger partial charge in [0, 0.05) is 29.4 Å². The number of hydrogen-bond donors (Lipinski definition) is 1. The highest BCUT2D eigenvalue weighted by Crippen LogP contribution is 2.30. The monoisotopic (exact) mass is 502 g/mol. The van der Waals surface area contributed by atoms with Crippen LogP contribution in [0.2, 0.25) is 0 Å². The molecule has 1 N–H and O–H groups in total. The van der Waals surface area contributed by atoms with Gasteiger partial charge in [-0.2, -0.15) is 5.10 Å². The summed E-state index contributed by atoms with van der Waals surface area (Å²) in [7, 11) is 0. The third kappa shape index (κ3) is 5.20. The molecule has 0 radical (unpaired) electrons. The number of thioether (sulfide) groups is 1. The fourth-order valence-electron chi connectivity index (χ4n) is 3.71. The number of benzene rings is 1. The number of fused-ring (bicyclic) bond motifs is 1. The highest BCUT2D eigenvalue weighted by atomic mass is 79.9. The number of aromatic nitrogens is 4. The molecule has 1 amide bonds. The zero-order valence-electron chi connectivity index (χ0n) is 17.8. The van der Waals surface area contributed by atoms with Crippen molar-refractivity contribution in [1.82, 2.24) is 25.1 Å². The maximum atomic E-state index is 12.5. The van der Waals surface area contributed by atoms with Crippen molar-refractivity contribution in [3.8, 4) is 0 Å². The van der Waals surface area contributed by atoms with Crippen LogP contribution in [0.1, 0.15) is 43.5 Å². The Balaban J connectivity index is 1.55. The maximum Gasteiger partial charge on any atom is 0.252 e. The Hall–Kier alpha value is -2.13. The van der Waals surface area contributed by atoms with Gasteiger partial charge in [-0.25, -0.2) is 14.6 Å². The number of hydrogen-bond acceptors (Lipinski definition) is 6. The number of nitrogens with zero attached hydrogens (tertiary/aromatic N) is 5. The van der Waals surface area contributed by atoms with Crippen LogP contribution in [0.3, 0.4) is 0 Å². The first-order chi connectivity index (χ1) is 15.0. The molecule has 0 atom stereocenters. The van der Waals surface area contributed by atoms with Crippen LogP contribution in [0.25, 0.3) is 11.0 Å². The molecule has 1 fully saturated rings. The zero-order valence-corrected chi connectivity index (χ0v) is 20.2. The van der Waals surface area contributed by atoms with Crippen molar-refractivity contribution in [3.63, 3.8) is 0 Å². The van der Waals surface area contributed by atoms with E-state index in [1.165, 1.54) is 19.3 Å². The Morgan fingerprint density at radius 3 is 2.71 bits per heavy atom. The molecule has 0 saturated carbocycles. The van der Waals surface area contributed by atoms with Gasteiger partial charge < -0.3 is 10.2 Å². The van der Waals surface area contributed by atoms with E-state index in [1.54, 1.807) is 17.8 Å². The number of carbonyl (C=O) groups excluding carboxylic acids is 1. The Labute approximate surface area is 195 Å². The first kappa shape index (κ1) is 22.1. The van der Waals surface area contributed by atoms with Gasteiger partial charge in [0.15, 0.2) is 10.8 Å². The summed E-state index contributed by atoms with van der Waals surface area (Å²) in [4.78, 5) is 24.5. The lowest BCUT2D eigenvalue weighted by atomic mass is 10.1. The number of carbonyl (C=O) groups is 1. The number of nitrogens with one attached hydrogen (secondary N) is 1. The molecule has 0 aliphatic carbocycles. The van der Waals surface area contributed by atoms with Gasteiger partial charge in [-0.15, -0.1) is 0 Å². The van der Waals surface area contributed by atoms with E-state index in [4.69, 9.17) is 9.97 Å². The van der Waals surface area contributed by atoms with E-state index in [-0.39, 0.29) is 5.91 Å². The normalized spacial score (nSPS) is 14.4. The van der Waals surface area contributed by atoms with Gasteiger partial charge in [-0.1, -0.05) is 37.7 Å². The van der Waals surface area contributed by atoms with E-state index in [2.05, 4.69) is 45.1 Å². The summed E-state index contributed by atoms with van der Waals surface area (Å²) in [6.45, 7) is 7.34. The maximum absolute atomic E-state index is 12.5. The molecule has 31 heavy (non-hydrogen) atoms. The molecular formula is C22H27BrN6OS. The fraction of sp³-hybridized carbons (Fsp3) is 0.455. The number of halogens is 1. The first-order valence-electron chi connectivity index (χ1n) is 10.7. The molecule has 3 aromatic rings. The van der Waals surface area contributed by atoms with Crippen molar-refractivity contribution in [2.24, 2.45) is 0 Å². The van der Waals surface area contributed by atoms with E-state index in [0.29, 0.717) is 23.9 Å². The summed E-state index contributed by atoms with van der Waals surface area (Å²) in [5, 5.41) is 9.71. The van der Waals surface area contributed by atoms with Crippen LogP contribution in [-0.2, 0) is 6.54 Å². The molecule has 0 unspecified atom stereocenters. The van der Waals surface area contributed by atoms with Crippen LogP contribution in [-0.4, -0.2) is 50.5 Å². The topological polar surface area (TPSA) is 75.9 Å². The average Bonchev–Trinajstić information content (AvgIpc) is 3.16. The Morgan fingerprint density at radius 2 is 1.97 bits per heavy atom. The molecule has 4 rings (SSSR count). The van der Waals surface area contributed by atoms with Crippen molar-refractivity contribution < 1.29 is 4.79 Å². The highest BCUT2D eigenvalue weighted by molar-refractivity contribution is 9.10. The molecule has 3 heterocycles. The van der Waals surface area contributed by atoms with Crippen molar-refractivity contribution in [1.29, 1.82) is 0 Å². The molecule has 0 spiro atoms. The molecule has 1 aromatic carbocycles. The van der Waals surface area contributed by atoms with E-state index >= 15 is 0 Å². The van der Waals surface area contributed by atoms with E-state index in [0.717, 1.165) is 39.6 Å². The van der Waals surface area contributed by atoms with Gasteiger partial charge >= 0.3 is 0 Å². The SMILES string of the molecule is CC(C)Sc1nc(N2CCCCC2)c2cnn(CCNC(=O)c3ccccc3Br)c2n1. The van der Waals surface area contributed by atoms with Gasteiger partial charge in [0.2, 0.25) is 0 Å². The minimum absolute atomic E-state index is 0.108. The van der Waals surface area contributed by atoms with Gasteiger partial charge in [-0.05, 0) is 47.3 Å². The fourth-order valence-corrected chi connectivity index (χ4v) is 4.88. The summed E-state index contributed by atoms with van der Waals surface area (Å²) in [5.41, 5.74) is 1.45. The smallest absolute Gasteiger partial charge is 0.252 e. The Morgan fingerprint density at radius 1 is 1.19 bits per heavy atom. The van der Waals surface area contributed by atoms with E-state index < -0.39 is 0 Å². The summed E-state index contributed by atoms with van der Waals surface area (Å²) >= 11 is 5.10. The van der Waals surface area contributed by atoms with Crippen molar-refractivity contribution in [2.75, 3.05) is 24.5 Å². The molecule has 0 bridgehead atoms. The Kier molecular flexibility index (Phi) is 7.12. The minimum Gasteiger partial charge on any atom is -0.356 e. The van der Waals surface area contributed by atoms with Crippen LogP contribution >= 0.6 is 27.7 Å². The molecular weight excluding hydrogens is 476 g/mol. The third-order valence-electron chi connectivity index (χ3n) is 5.18. The standard InChI is InChI=1S/C22H27BrN6OS/c1-15(2)31-22-26-19(28-11-6-3-7-12-28)17-14-25-29(20(17)27-22)13-10-24-21(30)16-8-4-5-9-18(16)23/h4-5,8-9,14-15H,3,6-7,10-13H2,1-2H3,(H,24,30). The van der Waals surface area contributed by atoms with Crippen molar-refractivity contribution in [2.45, 2.75) is 50.1 Å². The molecule has 1 aliphatic rings. The molecule has 2 aromatic heterocycles. The summed E-state index contributed by atoms with van der Waals surface area (Å²) in [5.74, 6) is 0.875. The largest absolute Gasteiger partial charge is 0.356 e. The molecule has 1 saturated heterocycles. The van der Waals surface area contributed by atoms with Crippen molar-refractivity contribution >= 4 is 50.5 Å². The summed E-state index contributed by atoms with van der Waals surface area (Å²) < 4.78 is 2.65. The lowest BCUT2D eigenvalue weighted by Gasteiger charge is -2.28. The molecule has 7 nitrogen and oxygen atoms in total. The van der Waals surface area contributed by atoms with E-state index in [1.807, 2.05) is 29.1 Å². The lowest BCUT2D eigenvalue weighted by Crippen LogP contribution is -2.30. The lowest BCUT2D eigenvalue weighted by molar-refractivity contribution is 0.0951. The molecule has 1 aliphatic heterocycles. The summed E-state index contributed by atoms with van der Waals surface area (Å²) in [6.07, 6.45) is 5.51. The molecule has 164 valence electrons. The zero-order chi connectivity index (χ0) is 21.8. The van der Waals surface area contributed by atoms with Gasteiger partial charge in [0.25, 0.3) is 5.91 Å². The second kappa shape index (κ2) is 9.99.